The molecule has 1 saturated heterocycles. The molecule has 0 spiro atoms. The van der Waals surface area contributed by atoms with E-state index < -0.39 is 5.97 Å². The van der Waals surface area contributed by atoms with Gasteiger partial charge in [0, 0.05) is 36.9 Å². The number of rotatable bonds is 3. The Morgan fingerprint density at radius 1 is 1.38 bits per heavy atom. The fraction of sp³-hybridized carbons (Fsp3) is 0.400. The molecule has 0 atom stereocenters. The summed E-state index contributed by atoms with van der Waals surface area (Å²) in [5.74, 6) is -0.925. The van der Waals surface area contributed by atoms with Gasteiger partial charge in [0.15, 0.2) is 0 Å². The number of aromatic nitrogens is 3. The van der Waals surface area contributed by atoms with Crippen molar-refractivity contribution in [2.75, 3.05) is 18.0 Å². The number of carboxylic acids is 1. The second kappa shape index (κ2) is 5.55. The summed E-state index contributed by atoms with van der Waals surface area (Å²) in [5, 5.41) is 13.1. The van der Waals surface area contributed by atoms with Gasteiger partial charge in [0.2, 0.25) is 0 Å². The van der Waals surface area contributed by atoms with E-state index in [9.17, 15) is 4.79 Å². The lowest BCUT2D eigenvalue weighted by Crippen LogP contribution is -2.34. The van der Waals surface area contributed by atoms with Gasteiger partial charge in [-0.2, -0.15) is 5.10 Å². The number of pyridine rings is 1. The number of aromatic carboxylic acids is 1. The molecule has 2 aromatic rings. The highest BCUT2D eigenvalue weighted by molar-refractivity contribution is 5.86. The molecular weight excluding hydrogens is 268 g/mol. The van der Waals surface area contributed by atoms with Gasteiger partial charge in [-0.1, -0.05) is 0 Å². The van der Waals surface area contributed by atoms with Crippen LogP contribution in [0.25, 0.3) is 0 Å². The minimum absolute atomic E-state index is 0.252. The maximum absolute atomic E-state index is 10.9. The first-order chi connectivity index (χ1) is 10.1. The van der Waals surface area contributed by atoms with Crippen molar-refractivity contribution < 1.29 is 9.90 Å². The van der Waals surface area contributed by atoms with E-state index in [2.05, 4.69) is 21.0 Å². The number of piperidine rings is 1. The summed E-state index contributed by atoms with van der Waals surface area (Å²) >= 11 is 0. The topological polar surface area (TPSA) is 71.2 Å². The second-order valence-corrected chi connectivity index (χ2v) is 5.39. The molecule has 0 amide bonds. The third-order valence-corrected chi connectivity index (χ3v) is 3.93. The van der Waals surface area contributed by atoms with E-state index in [-0.39, 0.29) is 11.6 Å². The Morgan fingerprint density at radius 3 is 2.76 bits per heavy atom. The maximum atomic E-state index is 10.9. The highest BCUT2D eigenvalue weighted by Crippen LogP contribution is 2.26. The van der Waals surface area contributed by atoms with Gasteiger partial charge in [0.1, 0.15) is 0 Å². The van der Waals surface area contributed by atoms with E-state index in [0.717, 1.165) is 31.6 Å². The van der Waals surface area contributed by atoms with Gasteiger partial charge >= 0.3 is 5.97 Å². The average molecular weight is 286 g/mol. The fourth-order valence-corrected chi connectivity index (χ4v) is 2.76. The van der Waals surface area contributed by atoms with E-state index in [0.29, 0.717) is 0 Å². The number of aryl methyl sites for hydroxylation is 1. The Morgan fingerprint density at radius 2 is 2.14 bits per heavy atom. The Bertz CT molecular complexity index is 645. The van der Waals surface area contributed by atoms with Gasteiger partial charge in [-0.05, 0) is 31.9 Å². The first-order valence-electron chi connectivity index (χ1n) is 7.08. The van der Waals surface area contributed by atoms with Crippen LogP contribution in [0, 0.1) is 6.92 Å². The fourth-order valence-electron chi connectivity index (χ4n) is 2.76. The van der Waals surface area contributed by atoms with Crippen molar-refractivity contribution in [1.29, 1.82) is 0 Å². The number of anilines is 1. The number of carbonyl (C=O) groups is 1. The Balaban J connectivity index is 1.66. The molecule has 110 valence electrons. The largest absolute Gasteiger partial charge is 0.478 e. The number of hydrogen-bond acceptors (Lipinski definition) is 4. The third-order valence-electron chi connectivity index (χ3n) is 3.93. The van der Waals surface area contributed by atoms with Crippen molar-refractivity contribution in [2.45, 2.75) is 25.8 Å². The molecule has 0 bridgehead atoms. The van der Waals surface area contributed by atoms with Crippen LogP contribution in [0.3, 0.4) is 0 Å². The number of hydrogen-bond donors (Lipinski definition) is 1. The molecule has 1 fully saturated rings. The standard InChI is InChI=1S/C15H18N4O2/c1-11-8-14(2-5-16-11)18-6-3-13(4-7-18)19-10-12(9-17-19)15(20)21/h2,5,8-10,13H,3-4,6-7H2,1H3,(H,20,21). The molecule has 0 aliphatic carbocycles. The molecule has 1 aliphatic heterocycles. The van der Waals surface area contributed by atoms with Gasteiger partial charge in [-0.15, -0.1) is 0 Å². The smallest absolute Gasteiger partial charge is 0.338 e. The second-order valence-electron chi connectivity index (χ2n) is 5.39. The van der Waals surface area contributed by atoms with Gasteiger partial charge in [-0.25, -0.2) is 4.79 Å². The van der Waals surface area contributed by atoms with Crippen LogP contribution < -0.4 is 4.90 Å². The molecule has 3 rings (SSSR count). The van der Waals surface area contributed by atoms with E-state index in [1.807, 2.05) is 19.2 Å². The van der Waals surface area contributed by atoms with E-state index >= 15 is 0 Å². The lowest BCUT2D eigenvalue weighted by molar-refractivity contribution is 0.0696. The van der Waals surface area contributed by atoms with E-state index in [1.165, 1.54) is 11.9 Å². The minimum Gasteiger partial charge on any atom is -0.478 e. The van der Waals surface area contributed by atoms with Crippen LogP contribution in [0.2, 0.25) is 0 Å². The van der Waals surface area contributed by atoms with Crippen LogP contribution in [0.5, 0.6) is 0 Å². The van der Waals surface area contributed by atoms with Crippen molar-refractivity contribution in [3.63, 3.8) is 0 Å². The maximum Gasteiger partial charge on any atom is 0.338 e. The molecule has 6 nitrogen and oxygen atoms in total. The molecule has 1 aliphatic rings. The number of nitrogens with zero attached hydrogens (tertiary/aromatic N) is 4. The Kier molecular flexibility index (Phi) is 3.60. The summed E-state index contributed by atoms with van der Waals surface area (Å²) in [6, 6.07) is 4.40. The predicted molar refractivity (Wildman–Crippen MR) is 78.6 cm³/mol. The molecular formula is C15H18N4O2. The average Bonchev–Trinajstić information content (AvgIpc) is 2.97. The van der Waals surface area contributed by atoms with Crippen molar-refractivity contribution in [2.24, 2.45) is 0 Å². The summed E-state index contributed by atoms with van der Waals surface area (Å²) in [4.78, 5) is 17.5. The molecule has 3 heterocycles. The van der Waals surface area contributed by atoms with Crippen LogP contribution in [-0.2, 0) is 0 Å². The van der Waals surface area contributed by atoms with Crippen molar-refractivity contribution in [3.05, 3.63) is 42.0 Å². The molecule has 0 aromatic carbocycles. The predicted octanol–water partition coefficient (Wildman–Crippen LogP) is 2.13. The summed E-state index contributed by atoms with van der Waals surface area (Å²) in [7, 11) is 0. The van der Waals surface area contributed by atoms with Gasteiger partial charge in [0.25, 0.3) is 0 Å². The van der Waals surface area contributed by atoms with Gasteiger partial charge in [-0.3, -0.25) is 9.67 Å². The molecule has 2 aromatic heterocycles. The molecule has 1 N–H and O–H groups in total. The van der Waals surface area contributed by atoms with Crippen molar-refractivity contribution in [3.8, 4) is 0 Å². The molecule has 21 heavy (non-hydrogen) atoms. The molecule has 0 radical (unpaired) electrons. The van der Waals surface area contributed by atoms with Gasteiger partial charge in [0.05, 0.1) is 17.8 Å². The first kappa shape index (κ1) is 13.6. The zero-order valence-corrected chi connectivity index (χ0v) is 11.9. The zero-order valence-electron chi connectivity index (χ0n) is 11.9. The Labute approximate surface area is 123 Å². The molecule has 6 heteroatoms. The van der Waals surface area contributed by atoms with Crippen LogP contribution in [0.4, 0.5) is 5.69 Å². The van der Waals surface area contributed by atoms with Crippen molar-refractivity contribution >= 4 is 11.7 Å². The molecule has 0 saturated carbocycles. The minimum atomic E-state index is -0.925. The summed E-state index contributed by atoms with van der Waals surface area (Å²) in [5.41, 5.74) is 2.47. The first-order valence-corrected chi connectivity index (χ1v) is 7.08. The normalized spacial score (nSPS) is 16.1. The quantitative estimate of drug-likeness (QED) is 0.936. The van der Waals surface area contributed by atoms with Crippen LogP contribution in [0.15, 0.2) is 30.7 Å². The third kappa shape index (κ3) is 2.89. The Hall–Kier alpha value is -2.37. The summed E-state index contributed by atoms with van der Waals surface area (Å²) in [6.45, 7) is 3.88. The highest BCUT2D eigenvalue weighted by atomic mass is 16.4. The van der Waals surface area contributed by atoms with Crippen LogP contribution in [0.1, 0.15) is 34.9 Å². The molecule has 0 unspecified atom stereocenters. The van der Waals surface area contributed by atoms with Crippen LogP contribution in [-0.4, -0.2) is 38.9 Å². The lowest BCUT2D eigenvalue weighted by Gasteiger charge is -2.33. The van der Waals surface area contributed by atoms with E-state index in [4.69, 9.17) is 5.11 Å². The number of carboxylic acid groups (broad SMARTS) is 1. The van der Waals surface area contributed by atoms with E-state index in [1.54, 1.807) is 10.9 Å². The summed E-state index contributed by atoms with van der Waals surface area (Å²) in [6.07, 6.45) is 6.80. The highest BCUT2D eigenvalue weighted by Gasteiger charge is 2.22. The van der Waals surface area contributed by atoms with Gasteiger partial charge < -0.3 is 10.0 Å². The van der Waals surface area contributed by atoms with Crippen LogP contribution >= 0.6 is 0 Å². The van der Waals surface area contributed by atoms with Crippen molar-refractivity contribution in [1.82, 2.24) is 14.8 Å². The monoisotopic (exact) mass is 286 g/mol. The SMILES string of the molecule is Cc1cc(N2CCC(n3cc(C(=O)O)cn3)CC2)ccn1. The lowest BCUT2D eigenvalue weighted by atomic mass is 10.0. The zero-order chi connectivity index (χ0) is 14.8. The summed E-state index contributed by atoms with van der Waals surface area (Å²) < 4.78 is 1.79.